The summed E-state index contributed by atoms with van der Waals surface area (Å²) in [6.45, 7) is 3.85. The van der Waals surface area contributed by atoms with Gasteiger partial charge in [0.25, 0.3) is 5.91 Å². The predicted octanol–water partition coefficient (Wildman–Crippen LogP) is 4.76. The predicted molar refractivity (Wildman–Crippen MR) is 124 cm³/mol. The van der Waals surface area contributed by atoms with Gasteiger partial charge in [0.05, 0.1) is 17.2 Å². The molecule has 1 heterocycles. The summed E-state index contributed by atoms with van der Waals surface area (Å²) >= 11 is 0. The normalized spacial score (nSPS) is 13.7. The molecule has 0 spiro atoms. The number of Topliss-reactive ketones (excluding diaryl/α,β-unsaturated/α-hetero) is 1. The molecule has 1 amide bonds. The van der Waals surface area contributed by atoms with Crippen molar-refractivity contribution in [1.29, 1.82) is 5.26 Å². The summed E-state index contributed by atoms with van der Waals surface area (Å²) in [4.78, 5) is 28.0. The number of hydrogen-bond acceptors (Lipinski definition) is 4. The van der Waals surface area contributed by atoms with E-state index in [1.54, 1.807) is 12.1 Å². The Bertz CT molecular complexity index is 1240. The summed E-state index contributed by atoms with van der Waals surface area (Å²) < 4.78 is 0. The van der Waals surface area contributed by atoms with Crippen LogP contribution in [0.1, 0.15) is 42.1 Å². The number of carbonyl (C=O) groups excluding carboxylic acids is 2. The molecule has 1 atom stereocenters. The molecule has 1 aliphatic rings. The van der Waals surface area contributed by atoms with Crippen molar-refractivity contribution < 1.29 is 9.59 Å². The molecule has 32 heavy (non-hydrogen) atoms. The number of carbonyl (C=O) groups is 2. The molecule has 3 aromatic rings. The summed E-state index contributed by atoms with van der Waals surface area (Å²) in [5.74, 6) is -0.493. The van der Waals surface area contributed by atoms with E-state index in [1.807, 2.05) is 78.6 Å². The molecule has 5 heteroatoms. The zero-order valence-electron chi connectivity index (χ0n) is 18.0. The SMILES string of the molecule is CC(=O)[C@@H](NC(=O)C1=C(C)N(c2ccccc2)Cc2c(C#N)cccc21)c1ccccc1. The molecule has 1 aliphatic heterocycles. The van der Waals surface area contributed by atoms with Crippen LogP contribution in [-0.2, 0) is 16.1 Å². The third kappa shape index (κ3) is 3.91. The fraction of sp³-hybridized carbons (Fsp3) is 0.148. The second-order valence-electron chi connectivity index (χ2n) is 7.75. The first kappa shape index (κ1) is 21.1. The van der Waals surface area contributed by atoms with Crippen LogP contribution in [0.5, 0.6) is 0 Å². The Hall–Kier alpha value is -4.17. The number of nitriles is 1. The molecule has 0 fully saturated rings. The highest BCUT2D eigenvalue weighted by Gasteiger charge is 2.31. The topological polar surface area (TPSA) is 73.2 Å². The average Bonchev–Trinajstić information content (AvgIpc) is 2.82. The van der Waals surface area contributed by atoms with Crippen molar-refractivity contribution in [3.63, 3.8) is 0 Å². The first-order valence-electron chi connectivity index (χ1n) is 10.4. The molecule has 0 unspecified atom stereocenters. The Balaban J connectivity index is 1.81. The smallest absolute Gasteiger partial charge is 0.254 e. The molecule has 0 aliphatic carbocycles. The largest absolute Gasteiger partial charge is 0.340 e. The van der Waals surface area contributed by atoms with E-state index >= 15 is 0 Å². The Morgan fingerprint density at radius 3 is 2.25 bits per heavy atom. The minimum Gasteiger partial charge on any atom is -0.340 e. The van der Waals surface area contributed by atoms with Crippen molar-refractivity contribution in [2.24, 2.45) is 0 Å². The maximum atomic E-state index is 13.6. The fourth-order valence-electron chi connectivity index (χ4n) is 4.15. The third-order valence-electron chi connectivity index (χ3n) is 5.76. The first-order valence-corrected chi connectivity index (χ1v) is 10.4. The van der Waals surface area contributed by atoms with Crippen LogP contribution in [0.3, 0.4) is 0 Å². The van der Waals surface area contributed by atoms with Crippen LogP contribution >= 0.6 is 0 Å². The molecule has 0 saturated carbocycles. The van der Waals surface area contributed by atoms with Crippen molar-refractivity contribution in [2.75, 3.05) is 4.90 Å². The average molecular weight is 422 g/mol. The quantitative estimate of drug-likeness (QED) is 0.645. The Morgan fingerprint density at radius 1 is 0.969 bits per heavy atom. The van der Waals surface area contributed by atoms with E-state index in [0.29, 0.717) is 17.7 Å². The Morgan fingerprint density at radius 2 is 1.62 bits per heavy atom. The number of allylic oxidation sites excluding steroid dienone is 1. The van der Waals surface area contributed by atoms with Crippen molar-refractivity contribution in [2.45, 2.75) is 26.4 Å². The van der Waals surface area contributed by atoms with Crippen LogP contribution in [0.15, 0.2) is 84.6 Å². The van der Waals surface area contributed by atoms with Gasteiger partial charge in [0.15, 0.2) is 5.78 Å². The van der Waals surface area contributed by atoms with E-state index in [0.717, 1.165) is 28.1 Å². The highest BCUT2D eigenvalue weighted by atomic mass is 16.2. The highest BCUT2D eigenvalue weighted by molar-refractivity contribution is 6.22. The van der Waals surface area contributed by atoms with E-state index in [2.05, 4.69) is 11.4 Å². The molecule has 5 nitrogen and oxygen atoms in total. The van der Waals surface area contributed by atoms with E-state index in [1.165, 1.54) is 6.92 Å². The number of nitrogens with zero attached hydrogens (tertiary/aromatic N) is 2. The van der Waals surface area contributed by atoms with Crippen LogP contribution in [0.4, 0.5) is 5.69 Å². The summed E-state index contributed by atoms with van der Waals surface area (Å²) in [5, 5.41) is 12.6. The van der Waals surface area contributed by atoms with Gasteiger partial charge in [0, 0.05) is 17.9 Å². The van der Waals surface area contributed by atoms with Gasteiger partial charge in [0.1, 0.15) is 6.04 Å². The number of fused-ring (bicyclic) bond motifs is 1. The molecular formula is C27H23N3O2. The zero-order chi connectivity index (χ0) is 22.7. The highest BCUT2D eigenvalue weighted by Crippen LogP contribution is 2.36. The monoisotopic (exact) mass is 421 g/mol. The third-order valence-corrected chi connectivity index (χ3v) is 5.76. The first-order chi connectivity index (χ1) is 15.5. The summed E-state index contributed by atoms with van der Waals surface area (Å²) in [5.41, 5.74) is 4.96. The van der Waals surface area contributed by atoms with Gasteiger partial charge in [-0.15, -0.1) is 0 Å². The van der Waals surface area contributed by atoms with E-state index in [4.69, 9.17) is 0 Å². The second-order valence-corrected chi connectivity index (χ2v) is 7.75. The lowest BCUT2D eigenvalue weighted by Gasteiger charge is -2.34. The number of ketones is 1. The standard InChI is InChI=1S/C27H23N3O2/c1-18-25(27(32)29-26(19(2)31)20-10-5-3-6-11-20)23-15-9-12-21(16-28)24(23)17-30(18)22-13-7-4-8-14-22/h3-15,26H,17H2,1-2H3,(H,29,32)/t26-/m1/s1. The Labute approximate surface area is 187 Å². The summed E-state index contributed by atoms with van der Waals surface area (Å²) in [6.07, 6.45) is 0. The van der Waals surface area contributed by atoms with Gasteiger partial charge in [-0.1, -0.05) is 60.7 Å². The molecule has 4 rings (SSSR count). The summed E-state index contributed by atoms with van der Waals surface area (Å²) in [7, 11) is 0. The van der Waals surface area contributed by atoms with Gasteiger partial charge < -0.3 is 10.2 Å². The molecule has 0 aromatic heterocycles. The maximum Gasteiger partial charge on any atom is 0.254 e. The fourth-order valence-corrected chi connectivity index (χ4v) is 4.15. The van der Waals surface area contributed by atoms with E-state index < -0.39 is 6.04 Å². The van der Waals surface area contributed by atoms with Crippen LogP contribution in [0, 0.1) is 11.3 Å². The number of benzene rings is 3. The lowest BCUT2D eigenvalue weighted by atomic mass is 9.89. The lowest BCUT2D eigenvalue weighted by Crippen LogP contribution is -2.37. The van der Waals surface area contributed by atoms with E-state index in [9.17, 15) is 14.9 Å². The number of para-hydroxylation sites is 1. The van der Waals surface area contributed by atoms with Crippen LogP contribution in [0.2, 0.25) is 0 Å². The van der Waals surface area contributed by atoms with Gasteiger partial charge in [-0.25, -0.2) is 0 Å². The summed E-state index contributed by atoms with van der Waals surface area (Å²) in [6, 6.07) is 25.9. The van der Waals surface area contributed by atoms with Gasteiger partial charge in [-0.3, -0.25) is 9.59 Å². The molecular weight excluding hydrogens is 398 g/mol. The molecule has 0 bridgehead atoms. The van der Waals surface area contributed by atoms with Gasteiger partial charge in [0.2, 0.25) is 0 Å². The maximum absolute atomic E-state index is 13.6. The van der Waals surface area contributed by atoms with Crippen molar-refractivity contribution in [3.8, 4) is 6.07 Å². The van der Waals surface area contributed by atoms with Gasteiger partial charge in [-0.2, -0.15) is 5.26 Å². The van der Waals surface area contributed by atoms with Crippen molar-refractivity contribution in [1.82, 2.24) is 5.32 Å². The minimum atomic E-state index is -0.751. The number of amides is 1. The van der Waals surface area contributed by atoms with E-state index in [-0.39, 0.29) is 11.7 Å². The van der Waals surface area contributed by atoms with Crippen LogP contribution in [0.25, 0.3) is 5.57 Å². The molecule has 3 aromatic carbocycles. The number of rotatable bonds is 5. The number of hydrogen-bond donors (Lipinski definition) is 1. The molecule has 0 radical (unpaired) electrons. The zero-order valence-corrected chi connectivity index (χ0v) is 18.0. The van der Waals surface area contributed by atoms with Crippen LogP contribution in [-0.4, -0.2) is 11.7 Å². The lowest BCUT2D eigenvalue weighted by molar-refractivity contribution is -0.124. The van der Waals surface area contributed by atoms with Crippen molar-refractivity contribution in [3.05, 3.63) is 107 Å². The second kappa shape index (κ2) is 8.91. The van der Waals surface area contributed by atoms with Gasteiger partial charge in [-0.05, 0) is 48.7 Å². The number of nitrogens with one attached hydrogen (secondary N) is 1. The Kier molecular flexibility index (Phi) is 5.87. The molecule has 0 saturated heterocycles. The minimum absolute atomic E-state index is 0.149. The molecule has 1 N–H and O–H groups in total. The van der Waals surface area contributed by atoms with Crippen LogP contribution < -0.4 is 10.2 Å². The molecule has 158 valence electrons. The number of anilines is 1. The van der Waals surface area contributed by atoms with Gasteiger partial charge >= 0.3 is 0 Å². The van der Waals surface area contributed by atoms with Crippen molar-refractivity contribution >= 4 is 23.0 Å².